The van der Waals surface area contributed by atoms with Gasteiger partial charge in [-0.1, -0.05) is 19.1 Å². The zero-order chi connectivity index (χ0) is 20.4. The molecule has 0 N–H and O–H groups in total. The highest BCUT2D eigenvalue weighted by atomic mass is 16.2. The predicted molar refractivity (Wildman–Crippen MR) is 119 cm³/mol. The van der Waals surface area contributed by atoms with E-state index >= 15 is 0 Å². The maximum absolute atomic E-state index is 13.1. The summed E-state index contributed by atoms with van der Waals surface area (Å²) < 4.78 is 0. The van der Waals surface area contributed by atoms with Crippen molar-refractivity contribution in [2.45, 2.75) is 33.6 Å². The average molecular weight is 393 g/mol. The number of amides is 1. The number of carbonyl (C=O) groups excluding carboxylic acids is 1. The zero-order valence-electron chi connectivity index (χ0n) is 17.9. The van der Waals surface area contributed by atoms with Crippen LogP contribution < -0.4 is 9.80 Å². The van der Waals surface area contributed by atoms with Crippen molar-refractivity contribution in [3.63, 3.8) is 0 Å². The second-order valence-corrected chi connectivity index (χ2v) is 8.60. The summed E-state index contributed by atoms with van der Waals surface area (Å²) in [5.74, 6) is 0.891. The van der Waals surface area contributed by atoms with E-state index in [1.807, 2.05) is 17.2 Å². The number of rotatable bonds is 3. The number of pyridine rings is 1. The number of benzene rings is 1. The maximum atomic E-state index is 13.1. The molecule has 5 heteroatoms. The lowest BCUT2D eigenvalue weighted by Gasteiger charge is -2.37. The number of piperidine rings is 1. The largest absolute Gasteiger partial charge is 0.370 e. The van der Waals surface area contributed by atoms with Crippen LogP contribution in [0.2, 0.25) is 0 Å². The predicted octanol–water partition coefficient (Wildman–Crippen LogP) is 3.90. The van der Waals surface area contributed by atoms with Gasteiger partial charge in [0.25, 0.3) is 5.91 Å². The van der Waals surface area contributed by atoms with E-state index in [4.69, 9.17) is 0 Å². The molecule has 0 bridgehead atoms. The summed E-state index contributed by atoms with van der Waals surface area (Å²) in [5, 5.41) is 0. The van der Waals surface area contributed by atoms with Crippen molar-refractivity contribution < 1.29 is 4.79 Å². The Bertz CT molecular complexity index is 865. The summed E-state index contributed by atoms with van der Waals surface area (Å²) in [7, 11) is 0. The van der Waals surface area contributed by atoms with Crippen LogP contribution in [0.15, 0.2) is 36.7 Å². The number of piperazine rings is 1. The van der Waals surface area contributed by atoms with Crippen molar-refractivity contribution >= 4 is 17.3 Å². The van der Waals surface area contributed by atoms with Crippen molar-refractivity contribution in [2.24, 2.45) is 5.92 Å². The third kappa shape index (κ3) is 4.24. The lowest BCUT2D eigenvalue weighted by molar-refractivity contribution is 0.0746. The maximum Gasteiger partial charge on any atom is 0.255 e. The van der Waals surface area contributed by atoms with Gasteiger partial charge in [-0.25, -0.2) is 0 Å². The smallest absolute Gasteiger partial charge is 0.255 e. The Morgan fingerprint density at radius 2 is 1.69 bits per heavy atom. The summed E-state index contributed by atoms with van der Waals surface area (Å²) in [5.41, 5.74) is 5.73. The molecule has 0 spiro atoms. The molecule has 0 radical (unpaired) electrons. The first-order valence-corrected chi connectivity index (χ1v) is 10.8. The third-order valence-corrected chi connectivity index (χ3v) is 6.60. The Balaban J connectivity index is 1.41. The van der Waals surface area contributed by atoms with E-state index in [0.717, 1.165) is 50.9 Å². The van der Waals surface area contributed by atoms with Crippen LogP contribution in [0, 0.1) is 19.8 Å². The Kier molecular flexibility index (Phi) is 5.74. The molecule has 29 heavy (non-hydrogen) atoms. The van der Waals surface area contributed by atoms with Crippen molar-refractivity contribution in [3.8, 4) is 0 Å². The summed E-state index contributed by atoms with van der Waals surface area (Å²) >= 11 is 0. The minimum atomic E-state index is 0.102. The molecule has 0 aliphatic carbocycles. The van der Waals surface area contributed by atoms with Crippen LogP contribution in [0.4, 0.5) is 11.4 Å². The molecule has 4 rings (SSSR count). The van der Waals surface area contributed by atoms with Gasteiger partial charge in [0, 0.05) is 51.2 Å². The van der Waals surface area contributed by atoms with Gasteiger partial charge in [0.2, 0.25) is 0 Å². The van der Waals surface area contributed by atoms with Crippen molar-refractivity contribution in [1.82, 2.24) is 9.88 Å². The normalized spacial score (nSPS) is 18.2. The SMILES string of the molecule is Cc1cccc(N2CCN(C(=O)c3cncc(N4CCC(C)CC4)c3)CC2)c1C. The van der Waals surface area contributed by atoms with Crippen molar-refractivity contribution in [1.29, 1.82) is 0 Å². The Labute approximate surface area is 174 Å². The summed E-state index contributed by atoms with van der Waals surface area (Å²) in [4.78, 5) is 24.2. The fourth-order valence-electron chi connectivity index (χ4n) is 4.40. The lowest BCUT2D eigenvalue weighted by Crippen LogP contribution is -2.49. The molecular formula is C24H32N4O. The minimum Gasteiger partial charge on any atom is -0.370 e. The molecule has 2 aliphatic heterocycles. The molecule has 2 aliphatic rings. The summed E-state index contributed by atoms with van der Waals surface area (Å²) in [6, 6.07) is 8.49. The fraction of sp³-hybridized carbons (Fsp3) is 0.500. The number of anilines is 2. The van der Waals surface area contributed by atoms with Gasteiger partial charge in [-0.3, -0.25) is 9.78 Å². The highest BCUT2D eigenvalue weighted by Gasteiger charge is 2.24. The van der Waals surface area contributed by atoms with Gasteiger partial charge < -0.3 is 14.7 Å². The van der Waals surface area contributed by atoms with Gasteiger partial charge in [0.1, 0.15) is 0 Å². The molecule has 0 unspecified atom stereocenters. The van der Waals surface area contributed by atoms with Crippen LogP contribution in [-0.4, -0.2) is 55.1 Å². The monoisotopic (exact) mass is 392 g/mol. The Morgan fingerprint density at radius 3 is 2.41 bits per heavy atom. The third-order valence-electron chi connectivity index (χ3n) is 6.60. The first-order valence-electron chi connectivity index (χ1n) is 10.8. The topological polar surface area (TPSA) is 39.7 Å². The first-order chi connectivity index (χ1) is 14.0. The number of hydrogen-bond acceptors (Lipinski definition) is 4. The molecular weight excluding hydrogens is 360 g/mol. The van der Waals surface area contributed by atoms with E-state index in [2.05, 4.69) is 53.8 Å². The first kappa shape index (κ1) is 19.7. The summed E-state index contributed by atoms with van der Waals surface area (Å²) in [6.45, 7) is 12.0. The van der Waals surface area contributed by atoms with Crippen LogP contribution in [0.3, 0.4) is 0 Å². The van der Waals surface area contributed by atoms with Crippen LogP contribution in [-0.2, 0) is 0 Å². The van der Waals surface area contributed by atoms with Gasteiger partial charge >= 0.3 is 0 Å². The molecule has 3 heterocycles. The molecule has 2 fully saturated rings. The fourth-order valence-corrected chi connectivity index (χ4v) is 4.40. The number of carbonyl (C=O) groups is 1. The highest BCUT2D eigenvalue weighted by Crippen LogP contribution is 2.25. The molecule has 2 aromatic rings. The van der Waals surface area contributed by atoms with Crippen LogP contribution in [0.1, 0.15) is 41.3 Å². The lowest BCUT2D eigenvalue weighted by atomic mass is 9.99. The van der Waals surface area contributed by atoms with Gasteiger partial charge in [-0.15, -0.1) is 0 Å². The van der Waals surface area contributed by atoms with Crippen LogP contribution in [0.5, 0.6) is 0 Å². The quantitative estimate of drug-likeness (QED) is 0.794. The molecule has 0 saturated carbocycles. The average Bonchev–Trinajstić information content (AvgIpc) is 2.76. The van der Waals surface area contributed by atoms with E-state index in [1.165, 1.54) is 29.7 Å². The minimum absolute atomic E-state index is 0.102. The van der Waals surface area contributed by atoms with Gasteiger partial charge in [-0.05, 0) is 55.9 Å². The molecule has 1 aromatic carbocycles. The van der Waals surface area contributed by atoms with Gasteiger partial charge in [0.05, 0.1) is 17.4 Å². The Morgan fingerprint density at radius 1 is 0.966 bits per heavy atom. The molecule has 1 amide bonds. The van der Waals surface area contributed by atoms with E-state index in [-0.39, 0.29) is 5.91 Å². The van der Waals surface area contributed by atoms with Gasteiger partial charge in [0.15, 0.2) is 0 Å². The molecule has 0 atom stereocenters. The van der Waals surface area contributed by atoms with E-state index < -0.39 is 0 Å². The molecule has 5 nitrogen and oxygen atoms in total. The molecule has 1 aromatic heterocycles. The second kappa shape index (κ2) is 8.44. The van der Waals surface area contributed by atoms with Crippen LogP contribution in [0.25, 0.3) is 0 Å². The standard InChI is InChI=1S/C24H32N4O/c1-18-7-9-26(10-8-18)22-15-21(16-25-17-22)24(29)28-13-11-27(12-14-28)23-6-4-5-19(2)20(23)3/h4-6,15-18H,7-14H2,1-3H3. The highest BCUT2D eigenvalue weighted by molar-refractivity contribution is 5.95. The van der Waals surface area contributed by atoms with E-state index in [9.17, 15) is 4.79 Å². The second-order valence-electron chi connectivity index (χ2n) is 8.60. The zero-order valence-corrected chi connectivity index (χ0v) is 17.9. The number of nitrogens with zero attached hydrogens (tertiary/aromatic N) is 4. The number of aromatic nitrogens is 1. The number of hydrogen-bond donors (Lipinski definition) is 0. The summed E-state index contributed by atoms with van der Waals surface area (Å²) in [6.07, 6.45) is 6.03. The van der Waals surface area contributed by atoms with Crippen LogP contribution >= 0.6 is 0 Å². The van der Waals surface area contributed by atoms with E-state index in [0.29, 0.717) is 5.56 Å². The molecule has 154 valence electrons. The van der Waals surface area contributed by atoms with E-state index in [1.54, 1.807) is 6.20 Å². The molecule has 2 saturated heterocycles. The Hall–Kier alpha value is -2.56. The van der Waals surface area contributed by atoms with Gasteiger partial charge in [-0.2, -0.15) is 0 Å². The number of aryl methyl sites for hydroxylation is 1. The van der Waals surface area contributed by atoms with Crippen molar-refractivity contribution in [3.05, 3.63) is 53.3 Å². The van der Waals surface area contributed by atoms with Crippen molar-refractivity contribution in [2.75, 3.05) is 49.1 Å².